The number of hydrogen-bond donors (Lipinski definition) is 0. The number of fused-ring (bicyclic) bond motifs is 1. The van der Waals surface area contributed by atoms with E-state index < -0.39 is 15.7 Å². The van der Waals surface area contributed by atoms with E-state index in [1.165, 1.54) is 43.0 Å². The molecule has 0 bridgehead atoms. The molecule has 0 unspecified atom stereocenters. The number of aliphatic imine (C=N–C) groups is 1. The molecule has 0 N–H and O–H groups in total. The Balaban J connectivity index is 1.63. The number of amides is 1. The van der Waals surface area contributed by atoms with Crippen molar-refractivity contribution in [2.75, 3.05) is 16.4 Å². The molecule has 0 saturated carbocycles. The van der Waals surface area contributed by atoms with Gasteiger partial charge in [0, 0.05) is 16.5 Å². The molecule has 1 amide bonds. The van der Waals surface area contributed by atoms with Gasteiger partial charge in [-0.2, -0.15) is 4.99 Å². The molecule has 0 aliphatic carbocycles. The summed E-state index contributed by atoms with van der Waals surface area (Å²) < 4.78 is 37.4. The van der Waals surface area contributed by atoms with Gasteiger partial charge in [0.2, 0.25) is 0 Å². The third kappa shape index (κ3) is 4.32. The topological polar surface area (TPSA) is 83.9 Å². The van der Waals surface area contributed by atoms with Gasteiger partial charge in [-0.15, -0.1) is 0 Å². The van der Waals surface area contributed by atoms with Crippen LogP contribution in [-0.2, 0) is 21.1 Å². The summed E-state index contributed by atoms with van der Waals surface area (Å²) in [4.78, 5) is 30.1. The molecule has 2 aliphatic rings. The fraction of sp³-hybridized carbons (Fsp3) is 0.286. The lowest BCUT2D eigenvalue weighted by molar-refractivity contribution is -0.117. The molecule has 2 heterocycles. The average Bonchev–Trinajstić information content (AvgIpc) is 3.14. The summed E-state index contributed by atoms with van der Waals surface area (Å²) in [5.74, 6) is -0.808. The number of Topliss-reactive ketones (excluding diaryl/α,β-unsaturated/α-hetero) is 1. The second kappa shape index (κ2) is 7.96. The molecule has 2 aromatic carbocycles. The molecule has 2 aliphatic heterocycles. The highest BCUT2D eigenvalue weighted by Crippen LogP contribution is 2.41. The molecule has 0 radical (unpaired) electrons. The van der Waals surface area contributed by atoms with Crippen LogP contribution in [0.15, 0.2) is 53.5 Å². The predicted molar refractivity (Wildman–Crippen MR) is 115 cm³/mol. The van der Waals surface area contributed by atoms with Gasteiger partial charge < -0.3 is 4.90 Å². The van der Waals surface area contributed by atoms with Crippen molar-refractivity contribution in [1.82, 2.24) is 0 Å². The normalized spacial score (nSPS) is 23.5. The zero-order valence-electron chi connectivity index (χ0n) is 16.1. The van der Waals surface area contributed by atoms with Gasteiger partial charge in [0.15, 0.2) is 20.8 Å². The minimum absolute atomic E-state index is 0.00962. The van der Waals surface area contributed by atoms with Crippen LogP contribution in [0.3, 0.4) is 0 Å². The highest BCUT2D eigenvalue weighted by atomic mass is 32.2. The van der Waals surface area contributed by atoms with Crippen LogP contribution in [0.25, 0.3) is 0 Å². The van der Waals surface area contributed by atoms with Crippen molar-refractivity contribution in [3.63, 3.8) is 0 Å². The number of carbonyl (C=O) groups is 2. The van der Waals surface area contributed by atoms with E-state index in [0.717, 1.165) is 0 Å². The van der Waals surface area contributed by atoms with Crippen LogP contribution >= 0.6 is 11.8 Å². The van der Waals surface area contributed by atoms with Crippen molar-refractivity contribution in [2.24, 2.45) is 4.99 Å². The van der Waals surface area contributed by atoms with Gasteiger partial charge in [-0.1, -0.05) is 23.9 Å². The largest absolute Gasteiger partial charge is 0.316 e. The molecule has 6 nitrogen and oxygen atoms in total. The van der Waals surface area contributed by atoms with Crippen molar-refractivity contribution in [2.45, 2.75) is 24.6 Å². The molecule has 2 saturated heterocycles. The van der Waals surface area contributed by atoms with E-state index in [0.29, 0.717) is 22.0 Å². The standard InChI is InChI=1S/C21H19FN2O4S2/c1-13(25)15-4-8-17(9-5-15)24-18-11-30(27,28)12-19(18)29-21(24)23-20(26)10-14-2-6-16(22)7-3-14/h2-9,18-19H,10-12H2,1H3/t18-,19+/m0/s1. The van der Waals surface area contributed by atoms with Crippen molar-refractivity contribution in [3.8, 4) is 0 Å². The lowest BCUT2D eigenvalue weighted by Crippen LogP contribution is -2.37. The molecule has 4 rings (SSSR count). The number of rotatable bonds is 4. The Labute approximate surface area is 178 Å². The van der Waals surface area contributed by atoms with Crippen molar-refractivity contribution < 1.29 is 22.4 Å². The van der Waals surface area contributed by atoms with Gasteiger partial charge in [-0.3, -0.25) is 9.59 Å². The number of amidine groups is 1. The van der Waals surface area contributed by atoms with Gasteiger partial charge in [0.05, 0.1) is 24.0 Å². The first kappa shape index (κ1) is 20.7. The number of anilines is 1. The van der Waals surface area contributed by atoms with Crippen LogP contribution in [0.4, 0.5) is 10.1 Å². The minimum atomic E-state index is -3.16. The third-order valence-electron chi connectivity index (χ3n) is 5.11. The highest BCUT2D eigenvalue weighted by Gasteiger charge is 2.49. The number of thioether (sulfide) groups is 1. The lowest BCUT2D eigenvalue weighted by Gasteiger charge is -2.24. The number of ketones is 1. The Morgan fingerprint density at radius 1 is 1.10 bits per heavy atom. The summed E-state index contributed by atoms with van der Waals surface area (Å²) in [6.07, 6.45) is 0.0229. The summed E-state index contributed by atoms with van der Waals surface area (Å²) in [5.41, 5.74) is 1.88. The Morgan fingerprint density at radius 3 is 2.40 bits per heavy atom. The Bertz CT molecular complexity index is 1130. The van der Waals surface area contributed by atoms with Gasteiger partial charge in [-0.05, 0) is 48.9 Å². The van der Waals surface area contributed by atoms with Crippen molar-refractivity contribution in [1.29, 1.82) is 0 Å². The predicted octanol–water partition coefficient (Wildman–Crippen LogP) is 2.87. The summed E-state index contributed by atoms with van der Waals surface area (Å²) in [7, 11) is -3.16. The van der Waals surface area contributed by atoms with E-state index in [4.69, 9.17) is 0 Å². The average molecular weight is 447 g/mol. The monoisotopic (exact) mass is 446 g/mol. The summed E-state index contributed by atoms with van der Waals surface area (Å²) >= 11 is 1.29. The van der Waals surface area contributed by atoms with E-state index >= 15 is 0 Å². The fourth-order valence-electron chi connectivity index (χ4n) is 3.65. The van der Waals surface area contributed by atoms with E-state index in [2.05, 4.69) is 4.99 Å². The number of hydrogen-bond acceptors (Lipinski definition) is 5. The van der Waals surface area contributed by atoms with Crippen molar-refractivity contribution >= 4 is 44.1 Å². The molecule has 2 aromatic rings. The van der Waals surface area contributed by atoms with E-state index in [1.54, 1.807) is 29.2 Å². The maximum absolute atomic E-state index is 13.1. The number of carbonyl (C=O) groups excluding carboxylic acids is 2. The second-order valence-corrected chi connectivity index (χ2v) is 10.7. The van der Waals surface area contributed by atoms with Gasteiger partial charge in [-0.25, -0.2) is 12.8 Å². The third-order valence-corrected chi connectivity index (χ3v) is 8.32. The molecule has 0 aromatic heterocycles. The molecule has 30 heavy (non-hydrogen) atoms. The molecule has 2 fully saturated rings. The summed E-state index contributed by atoms with van der Waals surface area (Å²) in [5, 5.41) is 0.238. The van der Waals surface area contributed by atoms with E-state index in [-0.39, 0.29) is 40.8 Å². The fourth-order valence-corrected chi connectivity index (χ4v) is 7.58. The zero-order chi connectivity index (χ0) is 21.5. The van der Waals surface area contributed by atoms with Crippen LogP contribution in [0.5, 0.6) is 0 Å². The molecule has 0 spiro atoms. The van der Waals surface area contributed by atoms with Gasteiger partial charge in [0.25, 0.3) is 5.91 Å². The van der Waals surface area contributed by atoms with E-state index in [9.17, 15) is 22.4 Å². The van der Waals surface area contributed by atoms with Crippen LogP contribution in [0.1, 0.15) is 22.8 Å². The van der Waals surface area contributed by atoms with Crippen LogP contribution in [0.2, 0.25) is 0 Å². The SMILES string of the molecule is CC(=O)c1ccc(N2C(=NC(=O)Cc3ccc(F)cc3)S[C@@H]3CS(=O)(=O)C[C@@H]32)cc1. The Kier molecular flexibility index (Phi) is 5.50. The summed E-state index contributed by atoms with van der Waals surface area (Å²) in [6, 6.07) is 12.2. The highest BCUT2D eigenvalue weighted by molar-refractivity contribution is 8.16. The molecular formula is C21H19FN2O4S2. The quantitative estimate of drug-likeness (QED) is 0.672. The maximum atomic E-state index is 13.1. The molecule has 9 heteroatoms. The Hall–Kier alpha value is -2.52. The second-order valence-electron chi connectivity index (χ2n) is 7.36. The number of nitrogens with zero attached hydrogens (tertiary/aromatic N) is 2. The van der Waals surface area contributed by atoms with Crippen LogP contribution in [-0.4, -0.2) is 48.1 Å². The van der Waals surface area contributed by atoms with E-state index in [1.807, 2.05) is 0 Å². The number of halogens is 1. The maximum Gasteiger partial charge on any atom is 0.252 e. The van der Waals surface area contributed by atoms with Gasteiger partial charge in [0.1, 0.15) is 5.82 Å². The van der Waals surface area contributed by atoms with Crippen molar-refractivity contribution in [3.05, 3.63) is 65.5 Å². The van der Waals surface area contributed by atoms with Crippen LogP contribution < -0.4 is 4.90 Å². The first-order chi connectivity index (χ1) is 14.2. The number of sulfone groups is 1. The molecule has 156 valence electrons. The molecular weight excluding hydrogens is 427 g/mol. The lowest BCUT2D eigenvalue weighted by atomic mass is 10.1. The van der Waals surface area contributed by atoms with Crippen LogP contribution in [0, 0.1) is 5.82 Å². The summed E-state index contributed by atoms with van der Waals surface area (Å²) in [6.45, 7) is 1.47. The number of benzene rings is 2. The minimum Gasteiger partial charge on any atom is -0.316 e. The molecule has 2 atom stereocenters. The van der Waals surface area contributed by atoms with Gasteiger partial charge >= 0.3 is 0 Å². The Morgan fingerprint density at radius 2 is 1.77 bits per heavy atom. The smallest absolute Gasteiger partial charge is 0.252 e. The zero-order valence-corrected chi connectivity index (χ0v) is 17.7. The first-order valence-electron chi connectivity index (χ1n) is 9.35. The first-order valence-corrected chi connectivity index (χ1v) is 12.1.